The van der Waals surface area contributed by atoms with Crippen molar-refractivity contribution in [1.29, 1.82) is 0 Å². The molecule has 0 aliphatic carbocycles. The molecular weight excluding hydrogens is 202 g/mol. The Hall–Kier alpha value is -0.710. The molecule has 1 unspecified atom stereocenters. The first-order valence-electron chi connectivity index (χ1n) is 4.60. The number of nitrogens with one attached hydrogen (secondary N) is 1. The van der Waals surface area contributed by atoms with E-state index in [1.165, 1.54) is 11.8 Å². The monoisotopic (exact) mass is 219 g/mol. The first kappa shape index (κ1) is 13.3. The lowest BCUT2D eigenvalue weighted by atomic mass is 10.1. The number of thioether (sulfide) groups is 1. The van der Waals surface area contributed by atoms with Gasteiger partial charge >= 0.3 is 5.97 Å². The first-order valence-corrected chi connectivity index (χ1v) is 5.65. The first-order chi connectivity index (χ1) is 6.49. The summed E-state index contributed by atoms with van der Waals surface area (Å²) >= 11 is 1.54. The summed E-state index contributed by atoms with van der Waals surface area (Å²) < 4.78 is 0. The highest BCUT2D eigenvalue weighted by atomic mass is 32.2. The summed E-state index contributed by atoms with van der Waals surface area (Å²) in [4.78, 5) is 21.7. The number of aliphatic carboxylic acids is 1. The lowest BCUT2D eigenvalue weighted by Gasteiger charge is -2.18. The van der Waals surface area contributed by atoms with Crippen LogP contribution in [0.5, 0.6) is 0 Å². The molecule has 82 valence electrons. The Kier molecular flexibility index (Phi) is 6.36. The fraction of sp³-hybridized carbons (Fsp3) is 0.778. The predicted octanol–water partition coefficient (Wildman–Crippen LogP) is 0.965. The zero-order chi connectivity index (χ0) is 11.1. The quantitative estimate of drug-likeness (QED) is 0.698. The van der Waals surface area contributed by atoms with Gasteiger partial charge in [-0.15, -0.1) is 11.8 Å². The second kappa shape index (κ2) is 6.70. The predicted molar refractivity (Wildman–Crippen MR) is 57.4 cm³/mol. The van der Waals surface area contributed by atoms with Crippen molar-refractivity contribution in [2.24, 2.45) is 5.92 Å². The zero-order valence-electron chi connectivity index (χ0n) is 8.74. The Morgan fingerprint density at radius 2 is 2.00 bits per heavy atom. The van der Waals surface area contributed by atoms with Crippen molar-refractivity contribution in [1.82, 2.24) is 5.32 Å². The van der Waals surface area contributed by atoms with E-state index in [0.29, 0.717) is 0 Å². The molecule has 2 N–H and O–H groups in total. The molecule has 1 atom stereocenters. The second-order valence-corrected chi connectivity index (χ2v) is 4.65. The van der Waals surface area contributed by atoms with Crippen LogP contribution in [0.3, 0.4) is 0 Å². The van der Waals surface area contributed by atoms with E-state index < -0.39 is 5.97 Å². The molecule has 1 amide bonds. The van der Waals surface area contributed by atoms with Crippen LogP contribution in [0.2, 0.25) is 0 Å². The van der Waals surface area contributed by atoms with Crippen molar-refractivity contribution in [2.75, 3.05) is 12.3 Å². The molecule has 0 saturated carbocycles. The number of rotatable bonds is 6. The maximum atomic E-state index is 11.5. The number of carboxylic acid groups (broad SMARTS) is 1. The number of carbonyl (C=O) groups excluding carboxylic acids is 1. The topological polar surface area (TPSA) is 66.4 Å². The summed E-state index contributed by atoms with van der Waals surface area (Å²) in [5.41, 5.74) is 0. The van der Waals surface area contributed by atoms with Crippen molar-refractivity contribution in [3.05, 3.63) is 0 Å². The third kappa shape index (κ3) is 5.11. The van der Waals surface area contributed by atoms with Crippen LogP contribution in [0.25, 0.3) is 0 Å². The van der Waals surface area contributed by atoms with Crippen molar-refractivity contribution < 1.29 is 14.7 Å². The smallest absolute Gasteiger partial charge is 0.322 e. The normalized spacial score (nSPS) is 12.6. The van der Waals surface area contributed by atoms with E-state index in [1.807, 2.05) is 20.8 Å². The standard InChI is InChI=1S/C9H17NO3S/c1-4-14-8(6(2)3)9(13)10-5-7(11)12/h6,8H,4-5H2,1-3H3,(H,10,13)(H,11,12). The highest BCUT2D eigenvalue weighted by Gasteiger charge is 2.21. The maximum absolute atomic E-state index is 11.5. The SMILES string of the molecule is CCSC(C(=O)NCC(=O)O)C(C)C. The van der Waals surface area contributed by atoms with Crippen LogP contribution in [0.15, 0.2) is 0 Å². The number of hydrogen-bond acceptors (Lipinski definition) is 3. The number of amides is 1. The molecular formula is C9H17NO3S. The van der Waals surface area contributed by atoms with Crippen molar-refractivity contribution in [2.45, 2.75) is 26.0 Å². The molecule has 0 rings (SSSR count). The highest BCUT2D eigenvalue weighted by molar-refractivity contribution is 8.00. The summed E-state index contributed by atoms with van der Waals surface area (Å²) in [7, 11) is 0. The van der Waals surface area contributed by atoms with Crippen molar-refractivity contribution in [3.8, 4) is 0 Å². The molecule has 0 aromatic carbocycles. The van der Waals surface area contributed by atoms with E-state index in [2.05, 4.69) is 5.32 Å². The Morgan fingerprint density at radius 3 is 2.36 bits per heavy atom. The van der Waals surface area contributed by atoms with E-state index >= 15 is 0 Å². The fourth-order valence-corrected chi connectivity index (χ4v) is 1.99. The minimum atomic E-state index is -1.01. The van der Waals surface area contributed by atoms with Gasteiger partial charge in [-0.25, -0.2) is 0 Å². The van der Waals surface area contributed by atoms with Crippen LogP contribution < -0.4 is 5.32 Å². The molecule has 0 aliphatic rings. The Labute approximate surface area is 88.4 Å². The molecule has 0 heterocycles. The summed E-state index contributed by atoms with van der Waals surface area (Å²) in [5, 5.41) is 10.6. The lowest BCUT2D eigenvalue weighted by molar-refractivity contribution is -0.137. The molecule has 0 fully saturated rings. The van der Waals surface area contributed by atoms with E-state index in [4.69, 9.17) is 5.11 Å². The zero-order valence-corrected chi connectivity index (χ0v) is 9.56. The molecule has 0 saturated heterocycles. The Balaban J connectivity index is 4.08. The van der Waals surface area contributed by atoms with E-state index in [1.54, 1.807) is 0 Å². The minimum Gasteiger partial charge on any atom is -0.480 e. The van der Waals surface area contributed by atoms with Crippen LogP contribution in [0, 0.1) is 5.92 Å². The molecule has 0 aromatic heterocycles. The summed E-state index contributed by atoms with van der Waals surface area (Å²) in [6.45, 7) is 5.58. The number of carboxylic acids is 1. The lowest BCUT2D eigenvalue weighted by Crippen LogP contribution is -2.38. The molecule has 4 nitrogen and oxygen atoms in total. The van der Waals surface area contributed by atoms with Crippen LogP contribution in [-0.4, -0.2) is 34.5 Å². The number of hydrogen-bond donors (Lipinski definition) is 2. The van der Waals surface area contributed by atoms with Gasteiger partial charge in [0.05, 0.1) is 5.25 Å². The van der Waals surface area contributed by atoms with Crippen molar-refractivity contribution >= 4 is 23.6 Å². The second-order valence-electron chi connectivity index (χ2n) is 3.23. The van der Waals surface area contributed by atoms with E-state index in [-0.39, 0.29) is 23.6 Å². The van der Waals surface area contributed by atoms with Gasteiger partial charge in [0.25, 0.3) is 0 Å². The average Bonchev–Trinajstić information content (AvgIpc) is 2.09. The summed E-state index contributed by atoms with van der Waals surface area (Å²) in [6, 6.07) is 0. The Bertz CT molecular complexity index is 206. The third-order valence-corrected chi connectivity index (χ3v) is 3.07. The maximum Gasteiger partial charge on any atom is 0.322 e. The van der Waals surface area contributed by atoms with Gasteiger partial charge in [-0.3, -0.25) is 9.59 Å². The molecule has 0 radical (unpaired) electrons. The fourth-order valence-electron chi connectivity index (χ4n) is 1.01. The molecule has 5 heteroatoms. The van der Waals surface area contributed by atoms with Gasteiger partial charge in [0, 0.05) is 0 Å². The summed E-state index contributed by atoms with van der Waals surface area (Å²) in [5.74, 6) is -0.131. The van der Waals surface area contributed by atoms with Crippen LogP contribution in [0.1, 0.15) is 20.8 Å². The van der Waals surface area contributed by atoms with Gasteiger partial charge in [-0.2, -0.15) is 0 Å². The van der Waals surface area contributed by atoms with Gasteiger partial charge in [-0.05, 0) is 11.7 Å². The highest BCUT2D eigenvalue weighted by Crippen LogP contribution is 2.18. The minimum absolute atomic E-state index is 0.153. The molecule has 0 aliphatic heterocycles. The van der Waals surface area contributed by atoms with E-state index in [0.717, 1.165) is 5.75 Å². The molecule has 0 aromatic rings. The molecule has 14 heavy (non-hydrogen) atoms. The largest absolute Gasteiger partial charge is 0.480 e. The van der Waals surface area contributed by atoms with Gasteiger partial charge < -0.3 is 10.4 Å². The van der Waals surface area contributed by atoms with Gasteiger partial charge in [0.15, 0.2) is 0 Å². The van der Waals surface area contributed by atoms with Gasteiger partial charge in [0.1, 0.15) is 6.54 Å². The third-order valence-electron chi connectivity index (χ3n) is 1.62. The summed E-state index contributed by atoms with van der Waals surface area (Å²) in [6.07, 6.45) is 0. The van der Waals surface area contributed by atoms with Crippen molar-refractivity contribution in [3.63, 3.8) is 0 Å². The molecule has 0 bridgehead atoms. The van der Waals surface area contributed by atoms with E-state index in [9.17, 15) is 9.59 Å². The van der Waals surface area contributed by atoms with Gasteiger partial charge in [-0.1, -0.05) is 20.8 Å². The number of carbonyl (C=O) groups is 2. The average molecular weight is 219 g/mol. The van der Waals surface area contributed by atoms with Crippen LogP contribution in [-0.2, 0) is 9.59 Å². The van der Waals surface area contributed by atoms with Crippen LogP contribution >= 0.6 is 11.8 Å². The Morgan fingerprint density at radius 1 is 1.43 bits per heavy atom. The van der Waals surface area contributed by atoms with Crippen LogP contribution in [0.4, 0.5) is 0 Å². The van der Waals surface area contributed by atoms with Gasteiger partial charge in [0.2, 0.25) is 5.91 Å². The molecule has 0 spiro atoms.